The molecule has 3 aliphatic rings. The Balaban J connectivity index is 1.44. The molecule has 2 amide bonds. The van der Waals surface area contributed by atoms with Crippen LogP contribution in [0.2, 0.25) is 0 Å². The Labute approximate surface area is 169 Å². The summed E-state index contributed by atoms with van der Waals surface area (Å²) in [5, 5.41) is 0. The van der Waals surface area contributed by atoms with Crippen molar-refractivity contribution in [1.29, 1.82) is 0 Å². The van der Waals surface area contributed by atoms with Gasteiger partial charge >= 0.3 is 5.97 Å². The van der Waals surface area contributed by atoms with Gasteiger partial charge in [-0.2, -0.15) is 0 Å². The number of thioether (sulfide) groups is 1. The summed E-state index contributed by atoms with van der Waals surface area (Å²) in [7, 11) is 0. The van der Waals surface area contributed by atoms with Crippen molar-refractivity contribution in [1.82, 2.24) is 9.80 Å². The number of rotatable bonds is 4. The summed E-state index contributed by atoms with van der Waals surface area (Å²) in [6.07, 6.45) is 4.22. The fourth-order valence-electron chi connectivity index (χ4n) is 4.60. The minimum Gasteiger partial charge on any atom is -0.454 e. The number of piperidine rings is 1. The molecular weight excluding hydrogens is 376 g/mol. The molecule has 1 aromatic rings. The van der Waals surface area contributed by atoms with Gasteiger partial charge in [-0.1, -0.05) is 30.3 Å². The fourth-order valence-corrected chi connectivity index (χ4v) is 6.23. The van der Waals surface area contributed by atoms with Crippen LogP contribution in [0.15, 0.2) is 30.3 Å². The molecule has 4 rings (SSSR count). The van der Waals surface area contributed by atoms with E-state index in [0.717, 1.165) is 31.4 Å². The molecule has 3 fully saturated rings. The van der Waals surface area contributed by atoms with E-state index in [1.54, 1.807) is 21.6 Å². The molecule has 0 spiro atoms. The number of benzene rings is 1. The molecule has 1 aromatic carbocycles. The summed E-state index contributed by atoms with van der Waals surface area (Å²) in [5.41, 5.74) is 1.04. The second-order valence-electron chi connectivity index (χ2n) is 7.78. The van der Waals surface area contributed by atoms with Crippen molar-refractivity contribution in [2.24, 2.45) is 0 Å². The molecule has 3 saturated heterocycles. The lowest BCUT2D eigenvalue weighted by molar-refractivity contribution is -0.159. The summed E-state index contributed by atoms with van der Waals surface area (Å²) in [6.45, 7) is 2.51. The normalized spacial score (nSPS) is 29.7. The van der Waals surface area contributed by atoms with E-state index in [0.29, 0.717) is 18.6 Å². The number of esters is 1. The Kier molecular flexibility index (Phi) is 5.36. The van der Waals surface area contributed by atoms with Crippen LogP contribution in [0.1, 0.15) is 44.6 Å². The zero-order chi connectivity index (χ0) is 19.7. The van der Waals surface area contributed by atoms with E-state index in [-0.39, 0.29) is 24.5 Å². The van der Waals surface area contributed by atoms with E-state index in [1.165, 1.54) is 0 Å². The second kappa shape index (κ2) is 7.78. The third-order valence-electron chi connectivity index (χ3n) is 6.09. The third kappa shape index (κ3) is 3.30. The second-order valence-corrected chi connectivity index (χ2v) is 9.08. The first-order chi connectivity index (χ1) is 13.5. The van der Waals surface area contributed by atoms with E-state index >= 15 is 0 Å². The number of carbonyl (C=O) groups is 3. The van der Waals surface area contributed by atoms with Gasteiger partial charge in [-0.3, -0.25) is 9.59 Å². The number of ether oxygens (including phenoxy) is 1. The molecule has 0 aliphatic carbocycles. The van der Waals surface area contributed by atoms with Crippen molar-refractivity contribution in [3.63, 3.8) is 0 Å². The van der Waals surface area contributed by atoms with Crippen LogP contribution in [-0.2, 0) is 24.0 Å². The Bertz CT molecular complexity index is 771. The van der Waals surface area contributed by atoms with Gasteiger partial charge in [-0.05, 0) is 38.2 Å². The average molecular weight is 403 g/mol. The number of amides is 2. The first-order valence-corrected chi connectivity index (χ1v) is 11.0. The van der Waals surface area contributed by atoms with Crippen molar-refractivity contribution in [2.45, 2.75) is 56.0 Å². The van der Waals surface area contributed by atoms with Crippen molar-refractivity contribution in [3.8, 4) is 0 Å². The highest BCUT2D eigenvalue weighted by atomic mass is 32.2. The third-order valence-corrected chi connectivity index (χ3v) is 7.68. The molecule has 3 aliphatic heterocycles. The Morgan fingerprint density at radius 1 is 1.25 bits per heavy atom. The SMILES string of the molecule is C[C@@H]1CCCCN1C(=O)COC(=O)[C@@H]1CS[C@@]2(c3ccccc3)CCC(=O)N12. The van der Waals surface area contributed by atoms with Gasteiger partial charge in [-0.15, -0.1) is 11.8 Å². The molecule has 0 N–H and O–H groups in total. The first-order valence-electron chi connectivity index (χ1n) is 10.0. The monoisotopic (exact) mass is 402 g/mol. The number of carbonyl (C=O) groups excluding carboxylic acids is 3. The summed E-state index contributed by atoms with van der Waals surface area (Å²) in [5.74, 6) is -0.146. The van der Waals surface area contributed by atoms with Crippen LogP contribution in [-0.4, -0.2) is 58.6 Å². The minimum absolute atomic E-state index is 0.0215. The number of hydrogen-bond acceptors (Lipinski definition) is 5. The molecule has 6 nitrogen and oxygen atoms in total. The van der Waals surface area contributed by atoms with Gasteiger partial charge in [0.15, 0.2) is 6.61 Å². The van der Waals surface area contributed by atoms with Crippen molar-refractivity contribution < 1.29 is 19.1 Å². The first kappa shape index (κ1) is 19.3. The smallest absolute Gasteiger partial charge is 0.330 e. The molecule has 0 unspecified atom stereocenters. The highest BCUT2D eigenvalue weighted by Gasteiger charge is 2.57. The van der Waals surface area contributed by atoms with Crippen LogP contribution in [0.4, 0.5) is 0 Å². The van der Waals surface area contributed by atoms with Crippen molar-refractivity contribution in [2.75, 3.05) is 18.9 Å². The largest absolute Gasteiger partial charge is 0.454 e. The van der Waals surface area contributed by atoms with Crippen LogP contribution in [0, 0.1) is 0 Å². The Morgan fingerprint density at radius 3 is 2.79 bits per heavy atom. The lowest BCUT2D eigenvalue weighted by Gasteiger charge is -2.34. The average Bonchev–Trinajstić information content (AvgIpc) is 3.26. The lowest BCUT2D eigenvalue weighted by atomic mass is 10.0. The van der Waals surface area contributed by atoms with Gasteiger partial charge in [0.1, 0.15) is 10.9 Å². The van der Waals surface area contributed by atoms with E-state index in [1.807, 2.05) is 37.3 Å². The molecule has 0 radical (unpaired) electrons. The highest BCUT2D eigenvalue weighted by Crippen LogP contribution is 2.54. The van der Waals surface area contributed by atoms with Gasteiger partial charge in [-0.25, -0.2) is 4.79 Å². The summed E-state index contributed by atoms with van der Waals surface area (Å²) in [4.78, 5) is 40.9. The Morgan fingerprint density at radius 2 is 2.04 bits per heavy atom. The van der Waals surface area contributed by atoms with Gasteiger partial charge < -0.3 is 14.5 Å². The summed E-state index contributed by atoms with van der Waals surface area (Å²) in [6, 6.07) is 9.42. The van der Waals surface area contributed by atoms with Crippen LogP contribution < -0.4 is 0 Å². The summed E-state index contributed by atoms with van der Waals surface area (Å²) >= 11 is 1.63. The van der Waals surface area contributed by atoms with Gasteiger partial charge in [0.05, 0.1) is 0 Å². The molecule has 28 heavy (non-hydrogen) atoms. The minimum atomic E-state index is -0.633. The zero-order valence-corrected chi connectivity index (χ0v) is 17.0. The predicted molar refractivity (Wildman–Crippen MR) is 106 cm³/mol. The van der Waals surface area contributed by atoms with Gasteiger partial charge in [0.25, 0.3) is 5.91 Å². The molecule has 3 atom stereocenters. The maximum absolute atomic E-state index is 12.8. The number of nitrogens with zero attached hydrogens (tertiary/aromatic N) is 2. The van der Waals surface area contributed by atoms with Crippen molar-refractivity contribution >= 4 is 29.5 Å². The molecule has 0 bridgehead atoms. The standard InChI is InChI=1S/C21H26N2O4S/c1-15-7-5-6-12-22(15)19(25)13-27-20(26)17-14-28-21(11-10-18(24)23(17)21)16-8-3-2-4-9-16/h2-4,8-9,15,17H,5-7,10-14H2,1H3/t15-,17+,21-/m1/s1. The predicted octanol–water partition coefficient (Wildman–Crippen LogP) is 2.52. The molecule has 0 aromatic heterocycles. The molecule has 0 saturated carbocycles. The lowest BCUT2D eigenvalue weighted by Crippen LogP contribution is -2.48. The fraction of sp³-hybridized carbons (Fsp3) is 0.571. The number of fused-ring (bicyclic) bond motifs is 1. The van der Waals surface area contributed by atoms with Crippen molar-refractivity contribution in [3.05, 3.63) is 35.9 Å². The molecule has 3 heterocycles. The molecule has 7 heteroatoms. The number of hydrogen-bond donors (Lipinski definition) is 0. The maximum Gasteiger partial charge on any atom is 0.330 e. The van der Waals surface area contributed by atoms with Gasteiger partial charge in [0, 0.05) is 24.8 Å². The summed E-state index contributed by atoms with van der Waals surface area (Å²) < 4.78 is 5.39. The number of likely N-dealkylation sites (tertiary alicyclic amines) is 1. The van der Waals surface area contributed by atoms with E-state index < -0.39 is 16.9 Å². The molecular formula is C21H26N2O4S. The van der Waals surface area contributed by atoms with Crippen LogP contribution in [0.3, 0.4) is 0 Å². The van der Waals surface area contributed by atoms with E-state index in [2.05, 4.69) is 0 Å². The van der Waals surface area contributed by atoms with Crippen LogP contribution >= 0.6 is 11.8 Å². The van der Waals surface area contributed by atoms with E-state index in [9.17, 15) is 14.4 Å². The van der Waals surface area contributed by atoms with Crippen LogP contribution in [0.5, 0.6) is 0 Å². The van der Waals surface area contributed by atoms with E-state index in [4.69, 9.17) is 4.74 Å². The highest BCUT2D eigenvalue weighted by molar-refractivity contribution is 8.00. The maximum atomic E-state index is 12.8. The van der Waals surface area contributed by atoms with Crippen LogP contribution in [0.25, 0.3) is 0 Å². The zero-order valence-electron chi connectivity index (χ0n) is 16.1. The quantitative estimate of drug-likeness (QED) is 0.724. The topological polar surface area (TPSA) is 66.9 Å². The molecule has 150 valence electrons. The Hall–Kier alpha value is -2.02. The van der Waals surface area contributed by atoms with Gasteiger partial charge in [0.2, 0.25) is 5.91 Å².